The molecule has 0 bridgehead atoms. The van der Waals surface area contributed by atoms with E-state index < -0.39 is 23.1 Å². The minimum absolute atomic E-state index is 0.361. The number of carbonyl (C=O) groups excluding carboxylic acids is 1. The molecule has 1 aromatic heterocycles. The van der Waals surface area contributed by atoms with Gasteiger partial charge in [-0.05, 0) is 18.9 Å². The summed E-state index contributed by atoms with van der Waals surface area (Å²) in [6.07, 6.45) is 0.117. The van der Waals surface area contributed by atoms with Gasteiger partial charge in [-0.25, -0.2) is 15.0 Å². The highest BCUT2D eigenvalue weighted by atomic mass is 16.8. The van der Waals surface area contributed by atoms with Gasteiger partial charge in [-0.15, -0.1) is 0 Å². The van der Waals surface area contributed by atoms with Crippen LogP contribution in [0, 0.1) is 5.92 Å². The SMILES string of the molecule is CC[C@H](C(=O)Nn1oc(=O)c(=O)o1)[C@H](C)OCc1ccccc1. The summed E-state index contributed by atoms with van der Waals surface area (Å²) in [4.78, 5) is 33.9. The second kappa shape index (κ2) is 7.59. The lowest BCUT2D eigenvalue weighted by atomic mass is 10.00. The minimum atomic E-state index is -1.19. The molecule has 0 unspecified atom stereocenters. The van der Waals surface area contributed by atoms with E-state index in [0.717, 1.165) is 5.56 Å². The lowest BCUT2D eigenvalue weighted by Crippen LogP contribution is -2.36. The molecule has 2 atom stereocenters. The van der Waals surface area contributed by atoms with Gasteiger partial charge in [0.25, 0.3) is 0 Å². The molecule has 0 saturated heterocycles. The number of hydrogen-bond donors (Lipinski definition) is 1. The fraction of sp³-hybridized carbons (Fsp3) is 0.400. The number of amides is 1. The molecule has 2 rings (SSSR count). The molecule has 0 saturated carbocycles. The third-order valence-corrected chi connectivity index (χ3v) is 3.40. The predicted molar refractivity (Wildman–Crippen MR) is 80.3 cm³/mol. The van der Waals surface area contributed by atoms with Gasteiger partial charge in [0.2, 0.25) is 5.91 Å². The van der Waals surface area contributed by atoms with Crippen LogP contribution in [-0.4, -0.2) is 17.0 Å². The van der Waals surface area contributed by atoms with Gasteiger partial charge >= 0.3 is 11.3 Å². The van der Waals surface area contributed by atoms with Crippen LogP contribution in [0.3, 0.4) is 0 Å². The summed E-state index contributed by atoms with van der Waals surface area (Å²) in [5.74, 6) is -0.979. The molecule has 0 spiro atoms. The van der Waals surface area contributed by atoms with Crippen molar-refractivity contribution in [2.45, 2.75) is 33.0 Å². The summed E-state index contributed by atoms with van der Waals surface area (Å²) in [5.41, 5.74) is 0.819. The van der Waals surface area contributed by atoms with E-state index in [1.165, 1.54) is 0 Å². The van der Waals surface area contributed by atoms with Crippen molar-refractivity contribution in [1.29, 1.82) is 0 Å². The number of nitrogens with one attached hydrogen (secondary N) is 1. The molecule has 0 aliphatic heterocycles. The summed E-state index contributed by atoms with van der Waals surface area (Å²) < 4.78 is 14.5. The maximum Gasteiger partial charge on any atom is 0.448 e. The van der Waals surface area contributed by atoms with Crippen molar-refractivity contribution in [2.24, 2.45) is 5.92 Å². The predicted octanol–water partition coefficient (Wildman–Crippen LogP) is 1.10. The Hall–Kier alpha value is -2.61. The zero-order chi connectivity index (χ0) is 16.8. The number of rotatable bonds is 7. The Balaban J connectivity index is 1.95. The molecule has 2 aromatic rings. The highest BCUT2D eigenvalue weighted by Crippen LogP contribution is 2.15. The first-order valence-corrected chi connectivity index (χ1v) is 7.21. The Morgan fingerprint density at radius 2 is 1.83 bits per heavy atom. The number of aromatic nitrogens is 1. The molecule has 1 amide bonds. The molecule has 1 aromatic carbocycles. The highest BCUT2D eigenvalue weighted by Gasteiger charge is 2.25. The maximum absolute atomic E-state index is 12.2. The third kappa shape index (κ3) is 4.43. The summed E-state index contributed by atoms with van der Waals surface area (Å²) in [6, 6.07) is 9.58. The molecule has 0 aliphatic rings. The Bertz CT molecular complexity index is 718. The fourth-order valence-electron chi connectivity index (χ4n) is 2.11. The highest BCUT2D eigenvalue weighted by molar-refractivity contribution is 5.86. The van der Waals surface area contributed by atoms with Crippen molar-refractivity contribution in [2.75, 3.05) is 5.43 Å². The summed E-state index contributed by atoms with van der Waals surface area (Å²) in [6.45, 7) is 3.98. The van der Waals surface area contributed by atoms with Crippen molar-refractivity contribution >= 4 is 5.91 Å². The van der Waals surface area contributed by atoms with Gasteiger partial charge in [-0.2, -0.15) is 0 Å². The molecule has 1 heterocycles. The van der Waals surface area contributed by atoms with E-state index >= 15 is 0 Å². The van der Waals surface area contributed by atoms with Gasteiger partial charge in [-0.3, -0.25) is 13.8 Å². The maximum atomic E-state index is 12.2. The molecule has 8 heteroatoms. The molecule has 0 fully saturated rings. The Morgan fingerprint density at radius 1 is 1.22 bits per heavy atom. The number of nitrogens with zero attached hydrogens (tertiary/aromatic N) is 1. The monoisotopic (exact) mass is 322 g/mol. The molecular weight excluding hydrogens is 304 g/mol. The molecule has 1 N–H and O–H groups in total. The first kappa shape index (κ1) is 16.8. The second-order valence-electron chi connectivity index (χ2n) is 5.01. The lowest BCUT2D eigenvalue weighted by Gasteiger charge is -2.21. The van der Waals surface area contributed by atoms with Crippen LogP contribution in [0.5, 0.6) is 0 Å². The number of ether oxygens (including phenoxy) is 1. The summed E-state index contributed by atoms with van der Waals surface area (Å²) in [7, 11) is 0. The molecule has 8 nitrogen and oxygen atoms in total. The van der Waals surface area contributed by atoms with E-state index in [1.807, 2.05) is 37.3 Å². The zero-order valence-corrected chi connectivity index (χ0v) is 12.9. The minimum Gasteiger partial charge on any atom is -0.373 e. The topological polar surface area (TPSA) is 104 Å². The molecule has 124 valence electrons. The second-order valence-corrected chi connectivity index (χ2v) is 5.01. The first-order chi connectivity index (χ1) is 11.0. The van der Waals surface area contributed by atoms with Crippen LogP contribution in [-0.2, 0) is 16.1 Å². The van der Waals surface area contributed by atoms with Gasteiger partial charge in [0.15, 0.2) is 0 Å². The quantitative estimate of drug-likeness (QED) is 0.765. The standard InChI is InChI=1S/C15H18N2O6/c1-3-12(10(2)21-9-11-7-5-4-6-8-11)13(18)16-17-22-14(19)15(20)23-17/h4-8,10,12H,3,9H2,1-2H3,(H,16,18)/t10-,12-/m0/s1. The van der Waals surface area contributed by atoms with Crippen LogP contribution in [0.25, 0.3) is 0 Å². The largest absolute Gasteiger partial charge is 0.448 e. The van der Waals surface area contributed by atoms with Gasteiger partial charge in [0.05, 0.1) is 23.7 Å². The number of benzene rings is 1. The summed E-state index contributed by atoms with van der Waals surface area (Å²) in [5, 5.41) is 0.361. The van der Waals surface area contributed by atoms with Crippen molar-refractivity contribution in [1.82, 2.24) is 5.02 Å². The molecule has 23 heavy (non-hydrogen) atoms. The average molecular weight is 322 g/mol. The van der Waals surface area contributed by atoms with Crippen LogP contribution in [0.4, 0.5) is 0 Å². The summed E-state index contributed by atoms with van der Waals surface area (Å²) >= 11 is 0. The van der Waals surface area contributed by atoms with Crippen molar-refractivity contribution in [3.05, 3.63) is 56.7 Å². The van der Waals surface area contributed by atoms with Crippen LogP contribution in [0.15, 0.2) is 49.0 Å². The van der Waals surface area contributed by atoms with Gasteiger partial charge in [-0.1, -0.05) is 37.3 Å². The third-order valence-electron chi connectivity index (χ3n) is 3.40. The zero-order valence-electron chi connectivity index (χ0n) is 12.9. The van der Waals surface area contributed by atoms with Crippen LogP contribution in [0.1, 0.15) is 25.8 Å². The van der Waals surface area contributed by atoms with Crippen molar-refractivity contribution < 1.29 is 18.6 Å². The van der Waals surface area contributed by atoms with Gasteiger partial charge in [0, 0.05) is 0 Å². The van der Waals surface area contributed by atoms with Gasteiger partial charge in [0.1, 0.15) is 0 Å². The van der Waals surface area contributed by atoms with Crippen LogP contribution < -0.4 is 16.7 Å². The van der Waals surface area contributed by atoms with E-state index in [9.17, 15) is 14.4 Å². The van der Waals surface area contributed by atoms with Crippen LogP contribution in [0.2, 0.25) is 0 Å². The number of hydrogen-bond acceptors (Lipinski definition) is 6. The normalized spacial score (nSPS) is 13.5. The molecular formula is C15H18N2O6. The van der Waals surface area contributed by atoms with Crippen LogP contribution >= 0.6 is 0 Å². The molecule has 0 radical (unpaired) electrons. The average Bonchev–Trinajstić information content (AvgIpc) is 2.84. The van der Waals surface area contributed by atoms with Crippen molar-refractivity contribution in [3.8, 4) is 0 Å². The lowest BCUT2D eigenvalue weighted by molar-refractivity contribution is -0.128. The van der Waals surface area contributed by atoms with Gasteiger partial charge < -0.3 is 4.74 Å². The first-order valence-electron chi connectivity index (χ1n) is 7.21. The van der Waals surface area contributed by atoms with E-state index in [0.29, 0.717) is 18.0 Å². The van der Waals surface area contributed by atoms with Crippen molar-refractivity contribution in [3.63, 3.8) is 0 Å². The molecule has 0 aliphatic carbocycles. The van der Waals surface area contributed by atoms with E-state index in [4.69, 9.17) is 4.74 Å². The smallest absolute Gasteiger partial charge is 0.373 e. The Morgan fingerprint density at radius 3 is 2.39 bits per heavy atom. The number of carbonyl (C=O) groups is 1. The Labute approximate surface area is 131 Å². The van der Waals surface area contributed by atoms with E-state index in [-0.39, 0.29) is 6.10 Å². The van der Waals surface area contributed by atoms with E-state index in [2.05, 4.69) is 14.5 Å². The fourth-order valence-corrected chi connectivity index (χ4v) is 2.11. The Kier molecular flexibility index (Phi) is 5.53. The van der Waals surface area contributed by atoms with E-state index in [1.54, 1.807) is 6.92 Å².